The number of hydrogen-bond donors (Lipinski definition) is 1. The third-order valence-electron chi connectivity index (χ3n) is 2.66. The van der Waals surface area contributed by atoms with Crippen LogP contribution in [-0.4, -0.2) is 44.0 Å². The zero-order valence-corrected chi connectivity index (χ0v) is 11.6. The lowest BCUT2D eigenvalue weighted by molar-refractivity contribution is -0.145. The lowest BCUT2D eigenvalue weighted by atomic mass is 10.2. The highest BCUT2D eigenvalue weighted by atomic mass is 16.5. The molecule has 0 aliphatic heterocycles. The summed E-state index contributed by atoms with van der Waals surface area (Å²) >= 11 is 0. The van der Waals surface area contributed by atoms with Gasteiger partial charge in [0.2, 0.25) is 5.91 Å². The van der Waals surface area contributed by atoms with Gasteiger partial charge in [0.1, 0.15) is 0 Å². The summed E-state index contributed by atoms with van der Waals surface area (Å²) < 4.78 is 4.65. The number of benzene rings is 1. The van der Waals surface area contributed by atoms with Gasteiger partial charge < -0.3 is 10.1 Å². The minimum Gasteiger partial charge on any atom is -0.469 e. The molecular formula is C14H20N2O3. The number of likely N-dealkylation sites (N-methyl/N-ethyl adjacent to an activating group) is 1. The quantitative estimate of drug-likeness (QED) is 0.788. The predicted molar refractivity (Wildman–Crippen MR) is 73.7 cm³/mol. The maximum atomic E-state index is 11.8. The van der Waals surface area contributed by atoms with Crippen molar-refractivity contribution in [1.82, 2.24) is 4.90 Å². The Morgan fingerprint density at radius 2 is 1.95 bits per heavy atom. The number of methoxy groups -OCH3 is 1. The van der Waals surface area contributed by atoms with Gasteiger partial charge >= 0.3 is 5.97 Å². The van der Waals surface area contributed by atoms with Crippen LogP contribution in [0.15, 0.2) is 30.3 Å². The van der Waals surface area contributed by atoms with E-state index in [2.05, 4.69) is 10.1 Å². The number of carbonyl (C=O) groups is 2. The average molecular weight is 264 g/mol. The zero-order valence-electron chi connectivity index (χ0n) is 11.6. The van der Waals surface area contributed by atoms with E-state index in [1.165, 1.54) is 7.11 Å². The number of rotatable bonds is 6. The second-order valence-corrected chi connectivity index (χ2v) is 4.54. The summed E-state index contributed by atoms with van der Waals surface area (Å²) in [5.41, 5.74) is 0.766. The summed E-state index contributed by atoms with van der Waals surface area (Å²) in [6.07, 6.45) is 0. The Morgan fingerprint density at radius 3 is 2.53 bits per heavy atom. The van der Waals surface area contributed by atoms with Crippen LogP contribution in [0.3, 0.4) is 0 Å². The topological polar surface area (TPSA) is 58.6 Å². The Hall–Kier alpha value is -1.88. The van der Waals surface area contributed by atoms with E-state index in [0.717, 1.165) is 5.69 Å². The highest BCUT2D eigenvalue weighted by molar-refractivity contribution is 5.92. The molecule has 1 aromatic carbocycles. The number of anilines is 1. The van der Waals surface area contributed by atoms with Gasteiger partial charge in [-0.15, -0.1) is 0 Å². The van der Waals surface area contributed by atoms with Crippen molar-refractivity contribution in [1.29, 1.82) is 0 Å². The maximum Gasteiger partial charge on any atom is 0.309 e. The Kier molecular flexibility index (Phi) is 6.02. The molecule has 19 heavy (non-hydrogen) atoms. The Balaban J connectivity index is 2.38. The second-order valence-electron chi connectivity index (χ2n) is 4.54. The summed E-state index contributed by atoms with van der Waals surface area (Å²) in [4.78, 5) is 24.8. The molecule has 0 aliphatic carbocycles. The molecule has 1 aromatic rings. The van der Waals surface area contributed by atoms with E-state index in [-0.39, 0.29) is 24.3 Å². The first kappa shape index (κ1) is 15.2. The molecule has 1 N–H and O–H groups in total. The van der Waals surface area contributed by atoms with E-state index in [4.69, 9.17) is 0 Å². The molecule has 0 heterocycles. The zero-order chi connectivity index (χ0) is 14.3. The summed E-state index contributed by atoms with van der Waals surface area (Å²) in [6, 6.07) is 9.26. The second kappa shape index (κ2) is 7.53. The number of esters is 1. The molecular weight excluding hydrogens is 244 g/mol. The molecule has 1 unspecified atom stereocenters. The van der Waals surface area contributed by atoms with Crippen LogP contribution in [-0.2, 0) is 14.3 Å². The summed E-state index contributed by atoms with van der Waals surface area (Å²) in [7, 11) is 3.16. The van der Waals surface area contributed by atoms with E-state index in [0.29, 0.717) is 6.54 Å². The standard InChI is InChI=1S/C14H20N2O3/c1-11(14(18)19-3)9-16(2)10-13(17)15-12-7-5-4-6-8-12/h4-8,11H,9-10H2,1-3H3,(H,15,17). The summed E-state index contributed by atoms with van der Waals surface area (Å²) in [5.74, 6) is -0.624. The predicted octanol–water partition coefficient (Wildman–Crippen LogP) is 1.37. The molecule has 5 heteroatoms. The van der Waals surface area contributed by atoms with Gasteiger partial charge in [-0.3, -0.25) is 14.5 Å². The molecule has 1 amide bonds. The van der Waals surface area contributed by atoms with Gasteiger partial charge in [0.05, 0.1) is 19.6 Å². The molecule has 104 valence electrons. The van der Waals surface area contributed by atoms with Crippen LogP contribution in [0.5, 0.6) is 0 Å². The minimum absolute atomic E-state index is 0.106. The van der Waals surface area contributed by atoms with Gasteiger partial charge in [-0.25, -0.2) is 0 Å². The largest absolute Gasteiger partial charge is 0.469 e. The van der Waals surface area contributed by atoms with Crippen molar-refractivity contribution in [3.05, 3.63) is 30.3 Å². The van der Waals surface area contributed by atoms with E-state index >= 15 is 0 Å². The Bertz CT molecular complexity index is 420. The normalized spacial score (nSPS) is 12.0. The van der Waals surface area contributed by atoms with E-state index in [1.807, 2.05) is 30.3 Å². The number of carbonyl (C=O) groups excluding carboxylic acids is 2. The number of nitrogens with one attached hydrogen (secondary N) is 1. The lowest BCUT2D eigenvalue weighted by Gasteiger charge is -2.19. The Morgan fingerprint density at radius 1 is 1.32 bits per heavy atom. The molecule has 0 aromatic heterocycles. The molecule has 0 spiro atoms. The minimum atomic E-state index is -0.268. The number of hydrogen-bond acceptors (Lipinski definition) is 4. The van der Waals surface area contributed by atoms with Crippen LogP contribution in [0.1, 0.15) is 6.92 Å². The van der Waals surface area contributed by atoms with Gasteiger partial charge in [0.25, 0.3) is 0 Å². The van der Waals surface area contributed by atoms with E-state index in [9.17, 15) is 9.59 Å². The van der Waals surface area contributed by atoms with Gasteiger partial charge in [-0.2, -0.15) is 0 Å². The molecule has 0 fully saturated rings. The smallest absolute Gasteiger partial charge is 0.309 e. The number of ether oxygens (including phenoxy) is 1. The molecule has 0 saturated heterocycles. The molecule has 5 nitrogen and oxygen atoms in total. The van der Waals surface area contributed by atoms with Crippen LogP contribution in [0.25, 0.3) is 0 Å². The lowest BCUT2D eigenvalue weighted by Crippen LogP contribution is -2.35. The highest BCUT2D eigenvalue weighted by Gasteiger charge is 2.16. The van der Waals surface area contributed by atoms with Gasteiger partial charge in [0.15, 0.2) is 0 Å². The fraction of sp³-hybridized carbons (Fsp3) is 0.429. The van der Waals surface area contributed by atoms with Crippen molar-refractivity contribution in [2.24, 2.45) is 5.92 Å². The highest BCUT2D eigenvalue weighted by Crippen LogP contribution is 2.05. The first-order chi connectivity index (χ1) is 9.02. The van der Waals surface area contributed by atoms with Crippen LogP contribution in [0, 0.1) is 5.92 Å². The molecule has 1 atom stereocenters. The van der Waals surface area contributed by atoms with Crippen molar-refractivity contribution in [3.63, 3.8) is 0 Å². The van der Waals surface area contributed by atoms with Gasteiger partial charge in [0, 0.05) is 12.2 Å². The van der Waals surface area contributed by atoms with Crippen molar-refractivity contribution in [2.75, 3.05) is 32.6 Å². The first-order valence-corrected chi connectivity index (χ1v) is 6.14. The van der Waals surface area contributed by atoms with Crippen molar-refractivity contribution < 1.29 is 14.3 Å². The number of amides is 1. The van der Waals surface area contributed by atoms with Gasteiger partial charge in [-0.1, -0.05) is 25.1 Å². The summed E-state index contributed by atoms with van der Waals surface area (Å²) in [5, 5.41) is 2.79. The molecule has 0 saturated carbocycles. The molecule has 1 rings (SSSR count). The van der Waals surface area contributed by atoms with Crippen LogP contribution in [0.2, 0.25) is 0 Å². The first-order valence-electron chi connectivity index (χ1n) is 6.14. The Labute approximate surface area is 113 Å². The average Bonchev–Trinajstić information content (AvgIpc) is 2.38. The fourth-order valence-corrected chi connectivity index (χ4v) is 1.77. The van der Waals surface area contributed by atoms with Crippen molar-refractivity contribution in [3.8, 4) is 0 Å². The maximum absolute atomic E-state index is 11.8. The van der Waals surface area contributed by atoms with Crippen molar-refractivity contribution in [2.45, 2.75) is 6.92 Å². The van der Waals surface area contributed by atoms with E-state index in [1.54, 1.807) is 18.9 Å². The van der Waals surface area contributed by atoms with Gasteiger partial charge in [-0.05, 0) is 19.2 Å². The summed E-state index contributed by atoms with van der Waals surface area (Å²) in [6.45, 7) is 2.49. The SMILES string of the molecule is COC(=O)C(C)CN(C)CC(=O)Nc1ccccc1. The van der Waals surface area contributed by atoms with Crippen LogP contribution >= 0.6 is 0 Å². The molecule has 0 aliphatic rings. The molecule has 0 bridgehead atoms. The third kappa shape index (κ3) is 5.52. The fourth-order valence-electron chi connectivity index (χ4n) is 1.77. The van der Waals surface area contributed by atoms with E-state index < -0.39 is 0 Å². The number of nitrogens with zero attached hydrogens (tertiary/aromatic N) is 1. The monoisotopic (exact) mass is 264 g/mol. The van der Waals surface area contributed by atoms with Crippen LogP contribution < -0.4 is 5.32 Å². The third-order valence-corrected chi connectivity index (χ3v) is 2.66. The molecule has 0 radical (unpaired) electrons. The van der Waals surface area contributed by atoms with Crippen LogP contribution in [0.4, 0.5) is 5.69 Å². The number of para-hydroxylation sites is 1. The van der Waals surface area contributed by atoms with Crippen molar-refractivity contribution >= 4 is 17.6 Å².